The van der Waals surface area contributed by atoms with Crippen molar-refractivity contribution < 1.29 is 24.3 Å². The summed E-state index contributed by atoms with van der Waals surface area (Å²) >= 11 is 0. The van der Waals surface area contributed by atoms with Crippen LogP contribution in [0.4, 0.5) is 0 Å². The molecule has 1 saturated heterocycles. The number of ether oxygens (including phenoxy) is 2. The second kappa shape index (κ2) is 4.95. The molecule has 1 atom stereocenters. The van der Waals surface area contributed by atoms with E-state index in [1.54, 1.807) is 0 Å². The molecule has 1 aliphatic rings. The summed E-state index contributed by atoms with van der Waals surface area (Å²) in [6.07, 6.45) is 2.84. The van der Waals surface area contributed by atoms with Crippen LogP contribution >= 0.6 is 0 Å². The molecule has 0 aromatic rings. The third kappa shape index (κ3) is 4.60. The lowest BCUT2D eigenvalue weighted by atomic mass is 10.5. The summed E-state index contributed by atoms with van der Waals surface area (Å²) in [7, 11) is 1.34. The van der Waals surface area contributed by atoms with Gasteiger partial charge in [0.2, 0.25) is 0 Å². The molecule has 0 aromatic heterocycles. The minimum atomic E-state index is 0.253. The second-order valence-corrected chi connectivity index (χ2v) is 1.89. The van der Waals surface area contributed by atoms with Crippen molar-refractivity contribution in [3.05, 3.63) is 12.5 Å². The third-order valence-electron chi connectivity index (χ3n) is 0.999. The van der Waals surface area contributed by atoms with E-state index in [0.29, 0.717) is 6.61 Å². The van der Waals surface area contributed by atoms with E-state index < -0.39 is 0 Å². The minimum Gasteiger partial charge on any atom is -0.495 e. The fraction of sp³-hybridized carbons (Fsp3) is 0.667. The lowest BCUT2D eigenvalue weighted by Crippen LogP contribution is -1.95. The minimum absolute atomic E-state index is 0.253. The molecule has 1 unspecified atom stereocenters. The molecule has 5 nitrogen and oxygen atoms in total. The molecule has 64 valence electrons. The Balaban J connectivity index is 1.80. The highest BCUT2D eigenvalue weighted by Crippen LogP contribution is 2.08. The molecule has 0 aromatic carbocycles. The van der Waals surface area contributed by atoms with Crippen LogP contribution in [0.2, 0.25) is 0 Å². The van der Waals surface area contributed by atoms with Crippen LogP contribution in [-0.2, 0) is 24.3 Å². The molecule has 5 heteroatoms. The molecule has 1 aliphatic heterocycles. The summed E-state index contributed by atoms with van der Waals surface area (Å²) in [4.78, 5) is 8.44. The van der Waals surface area contributed by atoms with Gasteiger partial charge < -0.3 is 14.4 Å². The first kappa shape index (κ1) is 8.32. The van der Waals surface area contributed by atoms with Crippen LogP contribution in [0.1, 0.15) is 0 Å². The van der Waals surface area contributed by atoms with Gasteiger partial charge in [0, 0.05) is 0 Å². The zero-order valence-corrected chi connectivity index (χ0v) is 6.19. The average molecular weight is 162 g/mol. The summed E-state index contributed by atoms with van der Waals surface area (Å²) in [5.41, 5.74) is 0. The first-order valence-corrected chi connectivity index (χ1v) is 3.18. The van der Waals surface area contributed by atoms with E-state index in [4.69, 9.17) is 9.47 Å². The largest absolute Gasteiger partial charge is 0.495 e. The van der Waals surface area contributed by atoms with Crippen molar-refractivity contribution in [3.8, 4) is 0 Å². The highest BCUT2D eigenvalue weighted by Gasteiger charge is 2.22. The number of hydrogen-bond donors (Lipinski definition) is 0. The van der Waals surface area contributed by atoms with Crippen LogP contribution in [0.25, 0.3) is 0 Å². The van der Waals surface area contributed by atoms with E-state index in [1.807, 2.05) is 0 Å². The lowest BCUT2D eigenvalue weighted by molar-refractivity contribution is -0.479. The fourth-order valence-corrected chi connectivity index (χ4v) is 0.451. The Morgan fingerprint density at radius 3 is 3.00 bits per heavy atom. The van der Waals surface area contributed by atoms with E-state index in [0.717, 1.165) is 6.61 Å². The van der Waals surface area contributed by atoms with Gasteiger partial charge in [-0.25, -0.2) is 0 Å². The normalized spacial score (nSPS) is 22.1. The van der Waals surface area contributed by atoms with Crippen molar-refractivity contribution in [1.82, 2.24) is 0 Å². The van der Waals surface area contributed by atoms with E-state index in [1.165, 1.54) is 19.6 Å². The summed E-state index contributed by atoms with van der Waals surface area (Å²) in [5.74, 6) is 0. The van der Waals surface area contributed by atoms with Crippen LogP contribution in [0, 0.1) is 0 Å². The predicted molar refractivity (Wildman–Crippen MR) is 34.0 cm³/mol. The Hall–Kier alpha value is -0.780. The van der Waals surface area contributed by atoms with Crippen molar-refractivity contribution in [2.45, 2.75) is 6.10 Å². The van der Waals surface area contributed by atoms with Gasteiger partial charge in [-0.2, -0.15) is 4.89 Å². The van der Waals surface area contributed by atoms with Gasteiger partial charge in [-0.3, -0.25) is 0 Å². The van der Waals surface area contributed by atoms with Crippen LogP contribution in [-0.4, -0.2) is 26.4 Å². The predicted octanol–water partition coefficient (Wildman–Crippen LogP) is 0.383. The molecular formula is C6H10O5. The summed E-state index contributed by atoms with van der Waals surface area (Å²) in [6.45, 7) is 1.33. The van der Waals surface area contributed by atoms with Gasteiger partial charge in [0.05, 0.1) is 13.7 Å². The lowest BCUT2D eigenvalue weighted by Gasteiger charge is -1.95. The van der Waals surface area contributed by atoms with Crippen molar-refractivity contribution in [2.24, 2.45) is 0 Å². The maximum atomic E-state index is 4.94. The topological polar surface area (TPSA) is 49.5 Å². The van der Waals surface area contributed by atoms with Crippen molar-refractivity contribution in [2.75, 3.05) is 20.3 Å². The molecule has 0 aliphatic carbocycles. The Bertz CT molecular complexity index is 120. The molecular weight excluding hydrogens is 152 g/mol. The van der Waals surface area contributed by atoms with Crippen molar-refractivity contribution in [1.29, 1.82) is 0 Å². The highest BCUT2D eigenvalue weighted by molar-refractivity contribution is 4.70. The number of hydrogen-bond acceptors (Lipinski definition) is 5. The smallest absolute Gasteiger partial charge is 0.167 e. The fourth-order valence-electron chi connectivity index (χ4n) is 0.451. The Kier molecular flexibility index (Phi) is 3.74. The van der Waals surface area contributed by atoms with Crippen LogP contribution in [0.3, 0.4) is 0 Å². The molecule has 0 amide bonds. The average Bonchev–Trinajstić information content (AvgIpc) is 2.80. The molecule has 0 bridgehead atoms. The quantitative estimate of drug-likeness (QED) is 0.186. The summed E-state index contributed by atoms with van der Waals surface area (Å²) < 4.78 is 9.82. The van der Waals surface area contributed by atoms with E-state index in [-0.39, 0.29) is 6.10 Å². The molecule has 0 radical (unpaired) electrons. The SMILES string of the molecule is COOOC=COCC1CO1. The van der Waals surface area contributed by atoms with Gasteiger partial charge in [0.1, 0.15) is 19.0 Å². The molecule has 0 saturated carbocycles. The first-order chi connectivity index (χ1) is 5.43. The van der Waals surface area contributed by atoms with Crippen LogP contribution in [0.5, 0.6) is 0 Å². The zero-order valence-electron chi connectivity index (χ0n) is 6.19. The monoisotopic (exact) mass is 162 g/mol. The molecule has 0 spiro atoms. The van der Waals surface area contributed by atoms with Gasteiger partial charge in [-0.15, -0.1) is 0 Å². The highest BCUT2D eigenvalue weighted by atomic mass is 17.5. The van der Waals surface area contributed by atoms with Crippen molar-refractivity contribution >= 4 is 0 Å². The third-order valence-corrected chi connectivity index (χ3v) is 0.999. The molecule has 1 rings (SSSR count). The maximum Gasteiger partial charge on any atom is 0.167 e. The van der Waals surface area contributed by atoms with Crippen LogP contribution < -0.4 is 0 Å². The number of rotatable bonds is 6. The summed E-state index contributed by atoms with van der Waals surface area (Å²) in [6, 6.07) is 0. The standard InChI is InChI=1S/C6H10O5/c1-7-11-10-3-2-8-4-6-5-9-6/h2-3,6H,4-5H2,1H3. The van der Waals surface area contributed by atoms with Gasteiger partial charge in [0.15, 0.2) is 6.26 Å². The Morgan fingerprint density at radius 2 is 2.36 bits per heavy atom. The van der Waals surface area contributed by atoms with Gasteiger partial charge in [-0.05, 0) is 5.04 Å². The molecule has 1 heterocycles. The van der Waals surface area contributed by atoms with Gasteiger partial charge >= 0.3 is 0 Å². The maximum absolute atomic E-state index is 4.94. The van der Waals surface area contributed by atoms with E-state index in [2.05, 4.69) is 14.8 Å². The van der Waals surface area contributed by atoms with E-state index in [9.17, 15) is 0 Å². The van der Waals surface area contributed by atoms with Crippen LogP contribution in [0.15, 0.2) is 12.5 Å². The van der Waals surface area contributed by atoms with Gasteiger partial charge in [0.25, 0.3) is 0 Å². The summed E-state index contributed by atoms with van der Waals surface area (Å²) in [5, 5.41) is 4.06. The second-order valence-electron chi connectivity index (χ2n) is 1.89. The Labute approximate surface area is 64.3 Å². The zero-order chi connectivity index (χ0) is 7.94. The molecule has 0 N–H and O–H groups in total. The first-order valence-electron chi connectivity index (χ1n) is 3.18. The van der Waals surface area contributed by atoms with E-state index >= 15 is 0 Å². The molecule has 1 fully saturated rings. The molecule has 11 heavy (non-hydrogen) atoms. The number of epoxide rings is 1. The van der Waals surface area contributed by atoms with Gasteiger partial charge in [-0.1, -0.05) is 0 Å². The van der Waals surface area contributed by atoms with Crippen molar-refractivity contribution in [3.63, 3.8) is 0 Å². The Morgan fingerprint density at radius 1 is 1.55 bits per heavy atom.